The van der Waals surface area contributed by atoms with Gasteiger partial charge in [0.25, 0.3) is 0 Å². The monoisotopic (exact) mass is 346 g/mol. The Morgan fingerprint density at radius 2 is 1.81 bits per heavy atom. The van der Waals surface area contributed by atoms with Crippen LogP contribution in [0.5, 0.6) is 0 Å². The van der Waals surface area contributed by atoms with Gasteiger partial charge in [0.15, 0.2) is 5.78 Å². The Bertz CT molecular complexity index is 1030. The predicted octanol–water partition coefficient (Wildman–Crippen LogP) is 3.41. The Labute approximate surface area is 150 Å². The highest BCUT2D eigenvalue weighted by molar-refractivity contribution is 6.47. The first-order valence-corrected chi connectivity index (χ1v) is 8.53. The normalized spacial score (nSPS) is 13.2. The van der Waals surface area contributed by atoms with Gasteiger partial charge in [-0.25, -0.2) is 9.36 Å². The second kappa shape index (κ2) is 6.59. The average molecular weight is 346 g/mol. The third-order valence-corrected chi connectivity index (χ3v) is 4.66. The number of aromatic nitrogens is 1. The molecule has 130 valence electrons. The Kier molecular flexibility index (Phi) is 4.13. The minimum absolute atomic E-state index is 0.0925. The number of benzene rings is 2. The van der Waals surface area contributed by atoms with Gasteiger partial charge in [0.05, 0.1) is 18.3 Å². The van der Waals surface area contributed by atoms with Crippen molar-refractivity contribution in [1.82, 2.24) is 4.57 Å². The van der Waals surface area contributed by atoms with Crippen LogP contribution in [0.25, 0.3) is 10.9 Å². The lowest BCUT2D eigenvalue weighted by Gasteiger charge is -2.15. The highest BCUT2D eigenvalue weighted by Crippen LogP contribution is 2.30. The van der Waals surface area contributed by atoms with Gasteiger partial charge in [-0.05, 0) is 23.6 Å². The molecule has 0 spiro atoms. The SMILES string of the molecule is COC(=O)n1c2c(c3ccccc31)CCN=C2C(=O)Cc1ccccc1. The molecule has 5 nitrogen and oxygen atoms in total. The van der Waals surface area contributed by atoms with E-state index in [9.17, 15) is 9.59 Å². The maximum absolute atomic E-state index is 13.0. The Balaban J connectivity index is 1.85. The van der Waals surface area contributed by atoms with E-state index in [-0.39, 0.29) is 12.2 Å². The number of nitrogens with zero attached hydrogens (tertiary/aromatic N) is 2. The molecule has 0 N–H and O–H groups in total. The molecule has 1 aromatic heterocycles. The average Bonchev–Trinajstić information content (AvgIpc) is 3.02. The van der Waals surface area contributed by atoms with E-state index >= 15 is 0 Å². The molecule has 0 bridgehead atoms. The summed E-state index contributed by atoms with van der Waals surface area (Å²) in [5, 5.41) is 0.966. The van der Waals surface area contributed by atoms with Gasteiger partial charge in [-0.1, -0.05) is 48.5 Å². The zero-order valence-corrected chi connectivity index (χ0v) is 14.4. The van der Waals surface area contributed by atoms with Crippen LogP contribution in [0.4, 0.5) is 4.79 Å². The summed E-state index contributed by atoms with van der Waals surface area (Å²) in [5.41, 5.74) is 3.58. The van der Waals surface area contributed by atoms with Crippen molar-refractivity contribution in [2.24, 2.45) is 4.99 Å². The fourth-order valence-corrected chi connectivity index (χ4v) is 3.53. The van der Waals surface area contributed by atoms with E-state index in [4.69, 9.17) is 4.74 Å². The molecule has 1 aliphatic heterocycles. The standard InChI is InChI=1S/C21H18N2O3/c1-26-21(25)23-17-10-6-5-9-15(17)16-11-12-22-19(20(16)23)18(24)13-14-7-3-2-4-8-14/h2-10H,11-13H2,1H3. The lowest BCUT2D eigenvalue weighted by Crippen LogP contribution is -2.28. The Morgan fingerprint density at radius 1 is 1.08 bits per heavy atom. The van der Waals surface area contributed by atoms with Crippen LogP contribution in [0.15, 0.2) is 59.6 Å². The van der Waals surface area contributed by atoms with Gasteiger partial charge in [0.2, 0.25) is 0 Å². The molecule has 0 amide bonds. The summed E-state index contributed by atoms with van der Waals surface area (Å²) >= 11 is 0. The van der Waals surface area contributed by atoms with Crippen LogP contribution >= 0.6 is 0 Å². The molecule has 4 rings (SSSR count). The molecule has 0 unspecified atom stereocenters. The summed E-state index contributed by atoms with van der Waals surface area (Å²) in [4.78, 5) is 29.9. The highest BCUT2D eigenvalue weighted by Gasteiger charge is 2.30. The van der Waals surface area contributed by atoms with Gasteiger partial charge in [-0.3, -0.25) is 9.79 Å². The number of carbonyl (C=O) groups excluding carboxylic acids is 2. The van der Waals surface area contributed by atoms with Crippen molar-refractivity contribution in [3.8, 4) is 0 Å². The topological polar surface area (TPSA) is 60.7 Å². The molecule has 0 atom stereocenters. The van der Waals surface area contributed by atoms with Gasteiger partial charge in [0.1, 0.15) is 5.71 Å². The van der Waals surface area contributed by atoms with E-state index in [0.717, 1.165) is 22.0 Å². The zero-order valence-electron chi connectivity index (χ0n) is 14.4. The number of Topliss-reactive ketones (excluding diaryl/α,β-unsaturated/α-hetero) is 1. The van der Waals surface area contributed by atoms with Crippen LogP contribution in [0.3, 0.4) is 0 Å². The van der Waals surface area contributed by atoms with Crippen molar-refractivity contribution in [2.45, 2.75) is 12.8 Å². The van der Waals surface area contributed by atoms with E-state index in [2.05, 4.69) is 4.99 Å². The Morgan fingerprint density at radius 3 is 2.58 bits per heavy atom. The second-order valence-corrected chi connectivity index (χ2v) is 6.22. The number of ether oxygens (including phenoxy) is 1. The van der Waals surface area contributed by atoms with Crippen molar-refractivity contribution < 1.29 is 14.3 Å². The van der Waals surface area contributed by atoms with E-state index in [1.165, 1.54) is 11.7 Å². The van der Waals surface area contributed by atoms with Gasteiger partial charge in [0, 0.05) is 18.4 Å². The molecule has 0 aliphatic carbocycles. The fourth-order valence-electron chi connectivity index (χ4n) is 3.53. The van der Waals surface area contributed by atoms with Gasteiger partial charge in [-0.2, -0.15) is 0 Å². The summed E-state index contributed by atoms with van der Waals surface area (Å²) in [6.45, 7) is 0.540. The maximum Gasteiger partial charge on any atom is 0.418 e. The summed E-state index contributed by atoms with van der Waals surface area (Å²) in [5.74, 6) is -0.0925. The van der Waals surface area contributed by atoms with Crippen LogP contribution in [0, 0.1) is 0 Å². The number of fused-ring (bicyclic) bond motifs is 3. The summed E-state index contributed by atoms with van der Waals surface area (Å²) in [6, 6.07) is 17.2. The van der Waals surface area contributed by atoms with E-state index < -0.39 is 6.09 Å². The molecule has 3 aromatic rings. The first-order valence-electron chi connectivity index (χ1n) is 8.53. The van der Waals surface area contributed by atoms with E-state index in [0.29, 0.717) is 24.4 Å². The predicted molar refractivity (Wildman–Crippen MR) is 100 cm³/mol. The number of hydrogen-bond acceptors (Lipinski definition) is 4. The Hall–Kier alpha value is -3.21. The number of aliphatic imine (C=N–C) groups is 1. The van der Waals surface area contributed by atoms with E-state index in [1.54, 1.807) is 0 Å². The molecule has 2 aromatic carbocycles. The van der Waals surface area contributed by atoms with Crippen molar-refractivity contribution in [1.29, 1.82) is 0 Å². The molecular weight excluding hydrogens is 328 g/mol. The second-order valence-electron chi connectivity index (χ2n) is 6.22. The van der Waals surface area contributed by atoms with Crippen molar-refractivity contribution in [3.63, 3.8) is 0 Å². The number of carbonyl (C=O) groups is 2. The summed E-state index contributed by atoms with van der Waals surface area (Å²) < 4.78 is 6.45. The molecule has 0 radical (unpaired) electrons. The highest BCUT2D eigenvalue weighted by atomic mass is 16.5. The smallest absolute Gasteiger partial charge is 0.418 e. The number of hydrogen-bond donors (Lipinski definition) is 0. The van der Waals surface area contributed by atoms with Gasteiger partial charge < -0.3 is 4.74 Å². The third-order valence-electron chi connectivity index (χ3n) is 4.66. The lowest BCUT2D eigenvalue weighted by atomic mass is 9.97. The number of methoxy groups -OCH3 is 1. The molecule has 5 heteroatoms. The quantitative estimate of drug-likeness (QED) is 0.730. The molecule has 2 heterocycles. The maximum atomic E-state index is 13.0. The van der Waals surface area contributed by atoms with Crippen molar-refractivity contribution in [3.05, 3.63) is 71.4 Å². The van der Waals surface area contributed by atoms with Crippen molar-refractivity contribution in [2.75, 3.05) is 13.7 Å². The summed E-state index contributed by atoms with van der Waals surface area (Å²) in [6.07, 6.45) is 0.439. The fraction of sp³-hybridized carbons (Fsp3) is 0.190. The summed E-state index contributed by atoms with van der Waals surface area (Å²) in [7, 11) is 1.34. The molecule has 1 aliphatic rings. The van der Waals surface area contributed by atoms with Gasteiger partial charge >= 0.3 is 6.09 Å². The first-order chi connectivity index (χ1) is 12.7. The first kappa shape index (κ1) is 16.3. The van der Waals surface area contributed by atoms with Crippen LogP contribution in [-0.2, 0) is 22.4 Å². The lowest BCUT2D eigenvalue weighted by molar-refractivity contribution is -0.112. The van der Waals surface area contributed by atoms with Gasteiger partial charge in [-0.15, -0.1) is 0 Å². The molecule has 26 heavy (non-hydrogen) atoms. The van der Waals surface area contributed by atoms with Crippen LogP contribution < -0.4 is 0 Å². The zero-order chi connectivity index (χ0) is 18.1. The molecule has 0 saturated heterocycles. The van der Waals surface area contributed by atoms with Crippen LogP contribution in [0.1, 0.15) is 16.8 Å². The molecule has 0 saturated carbocycles. The number of rotatable bonds is 3. The third kappa shape index (κ3) is 2.62. The minimum Gasteiger partial charge on any atom is -0.452 e. The van der Waals surface area contributed by atoms with Crippen LogP contribution in [0.2, 0.25) is 0 Å². The van der Waals surface area contributed by atoms with Crippen molar-refractivity contribution >= 4 is 28.5 Å². The molecule has 0 fully saturated rings. The number of para-hydroxylation sites is 1. The van der Waals surface area contributed by atoms with E-state index in [1.807, 2.05) is 54.6 Å². The van der Waals surface area contributed by atoms with Crippen LogP contribution in [-0.4, -0.2) is 35.8 Å². The minimum atomic E-state index is -0.510. The molecular formula is C21H18N2O3. The largest absolute Gasteiger partial charge is 0.452 e. The number of ketones is 1.